The number of anilines is 1. The quantitative estimate of drug-likeness (QED) is 0.550. The van der Waals surface area contributed by atoms with E-state index in [1.54, 1.807) is 7.11 Å². The third kappa shape index (κ3) is 8.10. The average Bonchev–Trinajstić information content (AvgIpc) is 2.68. The Hall–Kier alpha value is -0.790. The molecule has 2 atom stereocenters. The molecule has 5 nitrogen and oxygen atoms in total. The van der Waals surface area contributed by atoms with Gasteiger partial charge in [-0.2, -0.15) is 0 Å². The number of thioether (sulfide) groups is 1. The molecule has 1 aromatic rings. The number of para-hydroxylation sites is 1. The van der Waals surface area contributed by atoms with Crippen LogP contribution in [0.15, 0.2) is 24.3 Å². The fourth-order valence-corrected chi connectivity index (χ4v) is 4.67. The maximum absolute atomic E-state index is 6.18. The predicted octanol–water partition coefficient (Wildman–Crippen LogP) is 4.50. The van der Waals surface area contributed by atoms with Gasteiger partial charge in [0, 0.05) is 58.1 Å². The first-order valence-electron chi connectivity index (χ1n) is 10.7. The van der Waals surface area contributed by atoms with Crippen LogP contribution in [0.5, 0.6) is 0 Å². The maximum Gasteiger partial charge on any atom is 0.109 e. The summed E-state index contributed by atoms with van der Waals surface area (Å²) in [5.74, 6) is 0. The van der Waals surface area contributed by atoms with Gasteiger partial charge in [0.15, 0.2) is 0 Å². The van der Waals surface area contributed by atoms with Crippen molar-refractivity contribution in [2.24, 2.45) is 5.41 Å². The molecule has 1 aliphatic heterocycles. The van der Waals surface area contributed by atoms with E-state index >= 15 is 0 Å². The van der Waals surface area contributed by atoms with Crippen molar-refractivity contribution in [2.75, 3.05) is 66.1 Å². The molecule has 0 saturated carbocycles. The maximum atomic E-state index is 6.18. The number of methoxy groups -OCH3 is 1. The van der Waals surface area contributed by atoms with Gasteiger partial charge in [-0.05, 0) is 32.0 Å². The summed E-state index contributed by atoms with van der Waals surface area (Å²) in [4.78, 5) is 7.12. The Labute approximate surface area is 182 Å². The van der Waals surface area contributed by atoms with Gasteiger partial charge in [0.25, 0.3) is 0 Å². The second-order valence-corrected chi connectivity index (χ2v) is 10.6. The van der Waals surface area contributed by atoms with Crippen LogP contribution in [0.4, 0.5) is 5.69 Å². The molecule has 0 N–H and O–H groups in total. The van der Waals surface area contributed by atoms with E-state index in [1.165, 1.54) is 11.3 Å². The van der Waals surface area contributed by atoms with Crippen LogP contribution in [-0.4, -0.2) is 76.5 Å². The van der Waals surface area contributed by atoms with Gasteiger partial charge < -0.3 is 19.3 Å². The summed E-state index contributed by atoms with van der Waals surface area (Å²) in [5.41, 5.74) is 3.19. The van der Waals surface area contributed by atoms with Gasteiger partial charge in [0.1, 0.15) is 12.2 Å². The third-order valence-electron chi connectivity index (χ3n) is 5.24. The predicted molar refractivity (Wildman–Crippen MR) is 126 cm³/mol. The van der Waals surface area contributed by atoms with Crippen molar-refractivity contribution in [3.05, 3.63) is 29.8 Å². The standard InChI is InChI=1S/C23H41N3O2S/c1-23(2,3)13-14-26-18-28-21(12-17-27-7)29-22(26)19-10-8-9-11-20(19)25(6)16-15-24(4)5/h8-11,21-22H,12-18H2,1-7H3. The Morgan fingerprint density at radius 2 is 1.90 bits per heavy atom. The fraction of sp³-hybridized carbons (Fsp3) is 0.739. The van der Waals surface area contributed by atoms with Crippen molar-refractivity contribution >= 4 is 17.4 Å². The zero-order chi connectivity index (χ0) is 21.4. The number of nitrogens with zero attached hydrogens (tertiary/aromatic N) is 3. The Morgan fingerprint density at radius 1 is 1.17 bits per heavy atom. The molecule has 29 heavy (non-hydrogen) atoms. The molecule has 0 amide bonds. The van der Waals surface area contributed by atoms with E-state index in [0.29, 0.717) is 17.5 Å². The van der Waals surface area contributed by atoms with Gasteiger partial charge in [-0.15, -0.1) is 11.8 Å². The van der Waals surface area contributed by atoms with E-state index in [4.69, 9.17) is 9.47 Å². The molecule has 166 valence electrons. The minimum Gasteiger partial charge on any atom is -0.385 e. The third-order valence-corrected chi connectivity index (χ3v) is 6.73. The van der Waals surface area contributed by atoms with Crippen molar-refractivity contribution in [3.63, 3.8) is 0 Å². The van der Waals surface area contributed by atoms with Crippen LogP contribution in [0.25, 0.3) is 0 Å². The first kappa shape index (κ1) is 24.5. The van der Waals surface area contributed by atoms with Crippen molar-refractivity contribution in [2.45, 2.75) is 44.4 Å². The molecule has 1 aliphatic rings. The zero-order valence-electron chi connectivity index (χ0n) is 19.5. The minimum absolute atomic E-state index is 0.172. The topological polar surface area (TPSA) is 28.2 Å². The summed E-state index contributed by atoms with van der Waals surface area (Å²) in [7, 11) is 8.22. The van der Waals surface area contributed by atoms with Crippen LogP contribution >= 0.6 is 11.8 Å². The molecule has 0 radical (unpaired) electrons. The van der Waals surface area contributed by atoms with Gasteiger partial charge in [-0.3, -0.25) is 4.90 Å². The van der Waals surface area contributed by atoms with E-state index in [0.717, 1.165) is 39.1 Å². The van der Waals surface area contributed by atoms with Crippen molar-refractivity contribution < 1.29 is 9.47 Å². The molecular formula is C23H41N3O2S. The van der Waals surface area contributed by atoms with Gasteiger partial charge >= 0.3 is 0 Å². The lowest BCUT2D eigenvalue weighted by Gasteiger charge is -2.41. The monoisotopic (exact) mass is 423 g/mol. The summed E-state index contributed by atoms with van der Waals surface area (Å²) in [6.45, 7) is 11.4. The normalized spacial score (nSPS) is 21.0. The summed E-state index contributed by atoms with van der Waals surface area (Å²) >= 11 is 1.93. The van der Waals surface area contributed by atoms with E-state index in [9.17, 15) is 0 Å². The molecule has 0 aromatic heterocycles. The second kappa shape index (κ2) is 11.6. The highest BCUT2D eigenvalue weighted by atomic mass is 32.2. The molecule has 1 fully saturated rings. The van der Waals surface area contributed by atoms with Crippen LogP contribution in [0.3, 0.4) is 0 Å². The number of hydrogen-bond acceptors (Lipinski definition) is 6. The molecule has 0 spiro atoms. The summed E-state index contributed by atoms with van der Waals surface area (Å²) in [5, 5.41) is 0.297. The molecule has 2 unspecified atom stereocenters. The van der Waals surface area contributed by atoms with Crippen LogP contribution in [-0.2, 0) is 9.47 Å². The molecule has 1 aromatic carbocycles. The van der Waals surface area contributed by atoms with Crippen LogP contribution < -0.4 is 4.90 Å². The highest BCUT2D eigenvalue weighted by molar-refractivity contribution is 8.00. The largest absolute Gasteiger partial charge is 0.385 e. The molecule has 1 saturated heterocycles. The first-order chi connectivity index (χ1) is 13.7. The molecule has 1 heterocycles. The van der Waals surface area contributed by atoms with Crippen LogP contribution in [0.2, 0.25) is 0 Å². The Morgan fingerprint density at radius 3 is 2.55 bits per heavy atom. The average molecular weight is 424 g/mol. The number of benzene rings is 1. The Bertz CT molecular complexity index is 606. The van der Waals surface area contributed by atoms with Gasteiger partial charge in [0.2, 0.25) is 0 Å². The fourth-order valence-electron chi connectivity index (χ4n) is 3.33. The van der Waals surface area contributed by atoms with Crippen LogP contribution in [0.1, 0.15) is 44.6 Å². The number of hydrogen-bond donors (Lipinski definition) is 0. The summed E-state index contributed by atoms with van der Waals surface area (Å²) in [6.07, 6.45) is 2.07. The van der Waals surface area contributed by atoms with E-state index in [2.05, 4.69) is 80.9 Å². The van der Waals surface area contributed by atoms with Crippen molar-refractivity contribution in [1.82, 2.24) is 9.80 Å². The lowest BCUT2D eigenvalue weighted by Crippen LogP contribution is -2.40. The molecular weight excluding hydrogens is 382 g/mol. The van der Waals surface area contributed by atoms with Gasteiger partial charge in [0.05, 0.1) is 5.37 Å². The first-order valence-corrected chi connectivity index (χ1v) is 11.6. The van der Waals surface area contributed by atoms with E-state index in [-0.39, 0.29) is 5.44 Å². The Kier molecular flexibility index (Phi) is 9.76. The molecule has 6 heteroatoms. The number of rotatable bonds is 10. The summed E-state index contributed by atoms with van der Waals surface area (Å²) < 4.78 is 11.5. The second-order valence-electron chi connectivity index (χ2n) is 9.40. The highest BCUT2D eigenvalue weighted by Gasteiger charge is 2.33. The van der Waals surface area contributed by atoms with Crippen molar-refractivity contribution in [3.8, 4) is 0 Å². The molecule has 0 aliphatic carbocycles. The Balaban J connectivity index is 2.23. The SMILES string of the molecule is COCCC1OCN(CCC(C)(C)C)C(c2ccccc2N(C)CCN(C)C)S1. The van der Waals surface area contributed by atoms with E-state index in [1.807, 2.05) is 11.8 Å². The highest BCUT2D eigenvalue weighted by Crippen LogP contribution is 2.44. The number of ether oxygens (including phenoxy) is 2. The lowest BCUT2D eigenvalue weighted by molar-refractivity contribution is -0.0208. The minimum atomic E-state index is 0.172. The summed E-state index contributed by atoms with van der Waals surface area (Å²) in [6, 6.07) is 8.87. The molecule has 2 rings (SSSR count). The zero-order valence-corrected chi connectivity index (χ0v) is 20.3. The van der Waals surface area contributed by atoms with Gasteiger partial charge in [-0.25, -0.2) is 0 Å². The number of likely N-dealkylation sites (N-methyl/N-ethyl adjacent to an activating group) is 2. The van der Waals surface area contributed by atoms with Crippen molar-refractivity contribution in [1.29, 1.82) is 0 Å². The van der Waals surface area contributed by atoms with Gasteiger partial charge in [-0.1, -0.05) is 39.0 Å². The molecule has 0 bridgehead atoms. The van der Waals surface area contributed by atoms with E-state index < -0.39 is 0 Å². The van der Waals surface area contributed by atoms with Crippen LogP contribution in [0, 0.1) is 5.41 Å². The smallest absolute Gasteiger partial charge is 0.109 e. The lowest BCUT2D eigenvalue weighted by atomic mass is 9.92.